The summed E-state index contributed by atoms with van der Waals surface area (Å²) in [6.07, 6.45) is 0.671. The second kappa shape index (κ2) is 11.0. The van der Waals surface area contributed by atoms with Crippen molar-refractivity contribution in [2.75, 3.05) is 30.4 Å². The molecule has 1 saturated heterocycles. The molecule has 34 heavy (non-hydrogen) atoms. The number of nitrogens with zero attached hydrogens (tertiary/aromatic N) is 3. The highest BCUT2D eigenvalue weighted by atomic mass is 19.4. The van der Waals surface area contributed by atoms with E-state index in [1.807, 2.05) is 19.1 Å². The zero-order valence-corrected chi connectivity index (χ0v) is 18.9. The van der Waals surface area contributed by atoms with Crippen molar-refractivity contribution in [2.24, 2.45) is 5.73 Å². The Morgan fingerprint density at radius 1 is 1.03 bits per heavy atom. The number of anilines is 2. The number of aromatic nitrogens is 2. The summed E-state index contributed by atoms with van der Waals surface area (Å²) in [4.78, 5) is 23.9. The first-order chi connectivity index (χ1) is 16.3. The molecule has 10 heteroatoms. The number of nitrogens with one attached hydrogen (secondary N) is 1. The van der Waals surface area contributed by atoms with Crippen molar-refractivity contribution in [3.05, 3.63) is 66.1 Å². The van der Waals surface area contributed by atoms with Gasteiger partial charge in [-0.25, -0.2) is 4.98 Å². The Morgan fingerprint density at radius 2 is 1.71 bits per heavy atom. The van der Waals surface area contributed by atoms with Crippen molar-refractivity contribution in [1.29, 1.82) is 0 Å². The average molecular weight is 473 g/mol. The third kappa shape index (κ3) is 6.44. The molecule has 0 aliphatic carbocycles. The van der Waals surface area contributed by atoms with E-state index in [2.05, 4.69) is 30.7 Å². The first kappa shape index (κ1) is 25.0. The smallest absolute Gasteiger partial charge is 0.406 e. The number of alkyl halides is 3. The van der Waals surface area contributed by atoms with E-state index in [1.165, 1.54) is 25.4 Å². The van der Waals surface area contributed by atoms with E-state index in [-0.39, 0.29) is 5.75 Å². The van der Waals surface area contributed by atoms with Crippen LogP contribution in [-0.4, -0.2) is 42.4 Å². The number of nitrogens with two attached hydrogens (primary N) is 1. The minimum atomic E-state index is -4.77. The van der Waals surface area contributed by atoms with Crippen LogP contribution in [0.2, 0.25) is 0 Å². The van der Waals surface area contributed by atoms with Gasteiger partial charge in [0.1, 0.15) is 11.6 Å². The third-order valence-electron chi connectivity index (χ3n) is 5.10. The highest BCUT2D eigenvalue weighted by Gasteiger charge is 2.31. The van der Waals surface area contributed by atoms with Gasteiger partial charge in [-0.05, 0) is 63.2 Å². The van der Waals surface area contributed by atoms with E-state index in [1.54, 1.807) is 12.3 Å². The number of hydrogen-bond donors (Lipinski definition) is 2. The summed E-state index contributed by atoms with van der Waals surface area (Å²) >= 11 is 0. The van der Waals surface area contributed by atoms with Crippen LogP contribution >= 0.6 is 0 Å². The first-order valence-electron chi connectivity index (χ1n) is 10.7. The number of carbonyl (C=O) groups is 1. The molecular formula is C24H26F3N5O2. The molecule has 3 N–H and O–H groups in total. The summed E-state index contributed by atoms with van der Waals surface area (Å²) in [5, 5.41) is 2.68. The zero-order chi connectivity index (χ0) is 24.7. The number of benzene rings is 1. The third-order valence-corrected chi connectivity index (χ3v) is 5.10. The zero-order valence-electron chi connectivity index (χ0n) is 18.9. The van der Waals surface area contributed by atoms with Gasteiger partial charge in [-0.2, -0.15) is 0 Å². The van der Waals surface area contributed by atoms with Crippen LogP contribution in [-0.2, 0) is 0 Å². The SMILES string of the molecule is CN.Cc1ccc(-c2cc(C(=O)Nc3ccc(OC(F)(F)F)cc3)cnc2N2CCCC2)cn1. The average Bonchev–Trinajstić information content (AvgIpc) is 3.36. The van der Waals surface area contributed by atoms with Gasteiger partial charge in [0.15, 0.2) is 0 Å². The largest absolute Gasteiger partial charge is 0.573 e. The summed E-state index contributed by atoms with van der Waals surface area (Å²) in [6, 6.07) is 10.6. The lowest BCUT2D eigenvalue weighted by Crippen LogP contribution is -2.21. The lowest BCUT2D eigenvalue weighted by Gasteiger charge is -2.21. The number of amides is 1. The molecule has 0 saturated carbocycles. The maximum absolute atomic E-state index is 12.8. The minimum absolute atomic E-state index is 0.333. The van der Waals surface area contributed by atoms with Crippen molar-refractivity contribution in [2.45, 2.75) is 26.1 Å². The van der Waals surface area contributed by atoms with Gasteiger partial charge in [-0.1, -0.05) is 6.07 Å². The molecule has 180 valence electrons. The normalized spacial score (nSPS) is 13.2. The molecule has 7 nitrogen and oxygen atoms in total. The minimum Gasteiger partial charge on any atom is -0.406 e. The van der Waals surface area contributed by atoms with Crippen LogP contribution in [0.15, 0.2) is 54.9 Å². The predicted octanol–water partition coefficient (Wildman–Crippen LogP) is 4.78. The fourth-order valence-electron chi connectivity index (χ4n) is 3.55. The van der Waals surface area contributed by atoms with Gasteiger partial charge < -0.3 is 20.7 Å². The maximum Gasteiger partial charge on any atom is 0.573 e. The van der Waals surface area contributed by atoms with Gasteiger partial charge in [0.2, 0.25) is 0 Å². The van der Waals surface area contributed by atoms with E-state index >= 15 is 0 Å². The Labute approximate surface area is 195 Å². The van der Waals surface area contributed by atoms with Crippen LogP contribution in [0.1, 0.15) is 28.9 Å². The monoisotopic (exact) mass is 473 g/mol. The second-order valence-electron chi connectivity index (χ2n) is 7.50. The number of carbonyl (C=O) groups excluding carboxylic acids is 1. The topological polar surface area (TPSA) is 93.4 Å². The molecule has 0 atom stereocenters. The van der Waals surface area contributed by atoms with Crippen LogP contribution in [0.5, 0.6) is 5.75 Å². The molecule has 3 heterocycles. The highest BCUT2D eigenvalue weighted by Crippen LogP contribution is 2.32. The van der Waals surface area contributed by atoms with Crippen molar-refractivity contribution in [1.82, 2.24) is 9.97 Å². The van der Waals surface area contributed by atoms with E-state index in [4.69, 9.17) is 0 Å². The molecular weight excluding hydrogens is 447 g/mol. The van der Waals surface area contributed by atoms with Gasteiger partial charge >= 0.3 is 6.36 Å². The molecule has 1 aliphatic rings. The van der Waals surface area contributed by atoms with Gasteiger partial charge in [0, 0.05) is 48.0 Å². The van der Waals surface area contributed by atoms with E-state index < -0.39 is 12.3 Å². The molecule has 0 spiro atoms. The standard InChI is InChI=1S/C23H21F3N4O2.CH5N/c1-15-4-5-16(13-27-15)20-12-17(14-28-21(20)30-10-2-3-11-30)22(31)29-18-6-8-19(9-7-18)32-23(24,25)26;1-2/h4-9,12-14H,2-3,10-11H2,1H3,(H,29,31);2H2,1H3. The number of aryl methyl sites for hydroxylation is 1. The summed E-state index contributed by atoms with van der Waals surface area (Å²) in [7, 11) is 1.50. The number of pyridine rings is 2. The fraction of sp³-hybridized carbons (Fsp3) is 0.292. The van der Waals surface area contributed by atoms with Crippen molar-refractivity contribution in [3.8, 4) is 16.9 Å². The van der Waals surface area contributed by atoms with Crippen molar-refractivity contribution >= 4 is 17.4 Å². The maximum atomic E-state index is 12.8. The summed E-state index contributed by atoms with van der Waals surface area (Å²) in [5.74, 6) is 0.0240. The van der Waals surface area contributed by atoms with Gasteiger partial charge in [0.05, 0.1) is 5.56 Å². The molecule has 2 aromatic heterocycles. The number of halogens is 3. The first-order valence-corrected chi connectivity index (χ1v) is 10.7. The lowest BCUT2D eigenvalue weighted by molar-refractivity contribution is -0.274. The second-order valence-corrected chi connectivity index (χ2v) is 7.50. The Balaban J connectivity index is 0.00000158. The molecule has 0 unspecified atom stereocenters. The molecule has 4 rings (SSSR count). The Morgan fingerprint density at radius 3 is 2.29 bits per heavy atom. The van der Waals surface area contributed by atoms with Gasteiger partial charge in [-0.15, -0.1) is 13.2 Å². The van der Waals surface area contributed by atoms with Crippen LogP contribution in [0.25, 0.3) is 11.1 Å². The summed E-state index contributed by atoms with van der Waals surface area (Å²) < 4.78 is 40.8. The summed E-state index contributed by atoms with van der Waals surface area (Å²) in [6.45, 7) is 3.70. The van der Waals surface area contributed by atoms with Gasteiger partial charge in [-0.3, -0.25) is 9.78 Å². The Hall–Kier alpha value is -3.66. The quantitative estimate of drug-likeness (QED) is 0.554. The molecule has 1 fully saturated rings. The van der Waals surface area contributed by atoms with E-state index in [9.17, 15) is 18.0 Å². The summed E-state index contributed by atoms with van der Waals surface area (Å²) in [5.41, 5.74) is 7.72. The molecule has 0 radical (unpaired) electrons. The van der Waals surface area contributed by atoms with Crippen molar-refractivity contribution < 1.29 is 22.7 Å². The molecule has 1 amide bonds. The Bertz CT molecular complexity index is 1100. The molecule has 1 aliphatic heterocycles. The van der Waals surface area contributed by atoms with Crippen molar-refractivity contribution in [3.63, 3.8) is 0 Å². The van der Waals surface area contributed by atoms with E-state index in [0.29, 0.717) is 11.3 Å². The molecule has 3 aromatic rings. The number of hydrogen-bond acceptors (Lipinski definition) is 6. The van der Waals surface area contributed by atoms with Crippen LogP contribution in [0.3, 0.4) is 0 Å². The lowest BCUT2D eigenvalue weighted by atomic mass is 10.1. The molecule has 1 aromatic carbocycles. The molecule has 0 bridgehead atoms. The van der Waals surface area contributed by atoms with Crippen LogP contribution in [0, 0.1) is 6.92 Å². The van der Waals surface area contributed by atoms with E-state index in [0.717, 1.165) is 60.7 Å². The number of ether oxygens (including phenoxy) is 1. The van der Waals surface area contributed by atoms with Crippen LogP contribution < -0.4 is 20.7 Å². The fourth-order valence-corrected chi connectivity index (χ4v) is 3.55. The predicted molar refractivity (Wildman–Crippen MR) is 125 cm³/mol. The Kier molecular flexibility index (Phi) is 8.06. The van der Waals surface area contributed by atoms with Gasteiger partial charge in [0.25, 0.3) is 5.91 Å². The number of rotatable bonds is 5. The van der Waals surface area contributed by atoms with Crippen LogP contribution in [0.4, 0.5) is 24.7 Å². The highest BCUT2D eigenvalue weighted by molar-refractivity contribution is 6.05.